The van der Waals surface area contributed by atoms with Crippen LogP contribution in [0.15, 0.2) is 41.8 Å². The van der Waals surface area contributed by atoms with Gasteiger partial charge in [-0.2, -0.15) is 0 Å². The van der Waals surface area contributed by atoms with E-state index in [9.17, 15) is 14.0 Å². The second kappa shape index (κ2) is 8.34. The SMILES string of the molecule is Cn1c(C(=O)NCC(=O)N2CCN(Cc3ccccc3F)CC2)cc2sccc21. The van der Waals surface area contributed by atoms with Gasteiger partial charge in [0.15, 0.2) is 0 Å². The Kier molecular flexibility index (Phi) is 5.64. The standard InChI is InChI=1S/C21H23FN4O2S/c1-24-17-6-11-29-19(17)12-18(24)21(28)23-13-20(27)26-9-7-25(8-10-26)14-15-4-2-3-5-16(15)22/h2-6,11-12H,7-10,13-14H2,1H3,(H,23,28). The monoisotopic (exact) mass is 414 g/mol. The van der Waals surface area contributed by atoms with Crippen molar-refractivity contribution in [2.24, 2.45) is 7.05 Å². The summed E-state index contributed by atoms with van der Waals surface area (Å²) < 4.78 is 16.7. The van der Waals surface area contributed by atoms with Crippen molar-refractivity contribution < 1.29 is 14.0 Å². The first-order chi connectivity index (χ1) is 14.0. The molecular weight excluding hydrogens is 391 g/mol. The molecule has 0 spiro atoms. The third-order valence-electron chi connectivity index (χ3n) is 5.37. The highest BCUT2D eigenvalue weighted by molar-refractivity contribution is 7.17. The molecule has 1 aromatic carbocycles. The van der Waals surface area contributed by atoms with Crippen molar-refractivity contribution >= 4 is 33.4 Å². The quantitative estimate of drug-likeness (QED) is 0.698. The molecule has 29 heavy (non-hydrogen) atoms. The van der Waals surface area contributed by atoms with Gasteiger partial charge in [-0.25, -0.2) is 4.39 Å². The van der Waals surface area contributed by atoms with Crippen LogP contribution in [0.2, 0.25) is 0 Å². The maximum atomic E-state index is 13.8. The summed E-state index contributed by atoms with van der Waals surface area (Å²) in [5.74, 6) is -0.545. The molecule has 1 N–H and O–H groups in total. The number of hydrogen-bond acceptors (Lipinski definition) is 4. The van der Waals surface area contributed by atoms with Gasteiger partial charge in [0.2, 0.25) is 5.91 Å². The Bertz CT molecular complexity index is 1040. The summed E-state index contributed by atoms with van der Waals surface area (Å²) in [7, 11) is 1.85. The number of fused-ring (bicyclic) bond motifs is 1. The van der Waals surface area contributed by atoms with Crippen LogP contribution < -0.4 is 5.32 Å². The molecule has 4 rings (SSSR count). The van der Waals surface area contributed by atoms with E-state index in [-0.39, 0.29) is 24.2 Å². The molecule has 2 aromatic heterocycles. The van der Waals surface area contributed by atoms with Gasteiger partial charge in [-0.15, -0.1) is 11.3 Å². The lowest BCUT2D eigenvalue weighted by molar-refractivity contribution is -0.131. The van der Waals surface area contributed by atoms with E-state index >= 15 is 0 Å². The number of rotatable bonds is 5. The van der Waals surface area contributed by atoms with Crippen LogP contribution in [0.4, 0.5) is 4.39 Å². The molecule has 8 heteroatoms. The summed E-state index contributed by atoms with van der Waals surface area (Å²) in [6, 6.07) is 10.6. The second-order valence-electron chi connectivity index (χ2n) is 7.19. The number of carbonyl (C=O) groups is 2. The average molecular weight is 415 g/mol. The first-order valence-electron chi connectivity index (χ1n) is 9.57. The maximum Gasteiger partial charge on any atom is 0.268 e. The number of aromatic nitrogens is 1. The lowest BCUT2D eigenvalue weighted by Gasteiger charge is -2.34. The minimum Gasteiger partial charge on any atom is -0.342 e. The molecule has 1 aliphatic heterocycles. The van der Waals surface area contributed by atoms with E-state index < -0.39 is 0 Å². The first kappa shape index (κ1) is 19.6. The maximum absolute atomic E-state index is 13.8. The normalized spacial score (nSPS) is 15.0. The number of benzene rings is 1. The van der Waals surface area contributed by atoms with Crippen molar-refractivity contribution in [3.05, 3.63) is 58.9 Å². The minimum absolute atomic E-state index is 0.0228. The topological polar surface area (TPSA) is 57.6 Å². The van der Waals surface area contributed by atoms with Crippen molar-refractivity contribution in [3.8, 4) is 0 Å². The molecule has 1 fully saturated rings. The van der Waals surface area contributed by atoms with Gasteiger partial charge in [-0.3, -0.25) is 14.5 Å². The molecule has 3 heterocycles. The molecule has 2 amide bonds. The number of carbonyl (C=O) groups excluding carboxylic acids is 2. The van der Waals surface area contributed by atoms with Gasteiger partial charge < -0.3 is 14.8 Å². The highest BCUT2D eigenvalue weighted by Gasteiger charge is 2.22. The van der Waals surface area contributed by atoms with Crippen molar-refractivity contribution in [1.82, 2.24) is 19.7 Å². The number of hydrogen-bond donors (Lipinski definition) is 1. The Hall–Kier alpha value is -2.71. The average Bonchev–Trinajstić information content (AvgIpc) is 3.31. The summed E-state index contributed by atoms with van der Waals surface area (Å²) in [4.78, 5) is 28.8. The van der Waals surface area contributed by atoms with Crippen LogP contribution in [-0.4, -0.2) is 58.9 Å². The van der Waals surface area contributed by atoms with E-state index in [1.54, 1.807) is 28.4 Å². The second-order valence-corrected chi connectivity index (χ2v) is 8.14. The Morgan fingerprint density at radius 1 is 1.14 bits per heavy atom. The van der Waals surface area contributed by atoms with Gasteiger partial charge in [0.25, 0.3) is 5.91 Å². The lowest BCUT2D eigenvalue weighted by Crippen LogP contribution is -2.51. The van der Waals surface area contributed by atoms with Crippen LogP contribution >= 0.6 is 11.3 Å². The van der Waals surface area contributed by atoms with E-state index in [4.69, 9.17) is 0 Å². The zero-order valence-corrected chi connectivity index (χ0v) is 17.0. The molecule has 0 radical (unpaired) electrons. The molecule has 0 saturated carbocycles. The zero-order valence-electron chi connectivity index (χ0n) is 16.2. The third-order valence-corrected chi connectivity index (χ3v) is 6.23. The zero-order chi connectivity index (χ0) is 20.4. The van der Waals surface area contributed by atoms with E-state index in [2.05, 4.69) is 10.2 Å². The summed E-state index contributed by atoms with van der Waals surface area (Å²) >= 11 is 1.58. The van der Waals surface area contributed by atoms with Crippen molar-refractivity contribution in [1.29, 1.82) is 0 Å². The smallest absolute Gasteiger partial charge is 0.268 e. The number of amides is 2. The Morgan fingerprint density at radius 2 is 1.90 bits per heavy atom. The van der Waals surface area contributed by atoms with E-state index in [0.717, 1.165) is 10.2 Å². The Labute approximate surface area is 172 Å². The van der Waals surface area contributed by atoms with Crippen LogP contribution in [0.25, 0.3) is 10.2 Å². The first-order valence-corrected chi connectivity index (χ1v) is 10.5. The molecule has 0 aliphatic carbocycles. The number of thiophene rings is 1. The molecule has 152 valence electrons. The molecule has 1 aliphatic rings. The predicted molar refractivity (Wildman–Crippen MR) is 111 cm³/mol. The fourth-order valence-corrected chi connectivity index (χ4v) is 4.50. The number of nitrogens with zero attached hydrogens (tertiary/aromatic N) is 3. The molecule has 0 unspecified atom stereocenters. The number of nitrogens with one attached hydrogen (secondary N) is 1. The Balaban J connectivity index is 1.26. The summed E-state index contributed by atoms with van der Waals surface area (Å²) in [6.07, 6.45) is 0. The van der Waals surface area contributed by atoms with E-state index in [1.165, 1.54) is 6.07 Å². The molecule has 1 saturated heterocycles. The Morgan fingerprint density at radius 3 is 2.62 bits per heavy atom. The molecule has 0 bridgehead atoms. The van der Waals surface area contributed by atoms with Gasteiger partial charge in [-0.05, 0) is 23.6 Å². The predicted octanol–water partition coefficient (Wildman–Crippen LogP) is 2.45. The van der Waals surface area contributed by atoms with Gasteiger partial charge in [0, 0.05) is 45.3 Å². The molecule has 6 nitrogen and oxygen atoms in total. The van der Waals surface area contributed by atoms with Crippen molar-refractivity contribution in [2.45, 2.75) is 6.54 Å². The third kappa shape index (κ3) is 4.18. The largest absolute Gasteiger partial charge is 0.342 e. The molecular formula is C21H23FN4O2S. The van der Waals surface area contributed by atoms with E-state index in [1.807, 2.05) is 35.2 Å². The van der Waals surface area contributed by atoms with Crippen LogP contribution in [0.3, 0.4) is 0 Å². The van der Waals surface area contributed by atoms with Crippen LogP contribution in [0.1, 0.15) is 16.1 Å². The van der Waals surface area contributed by atoms with Crippen LogP contribution in [0, 0.1) is 5.82 Å². The molecule has 0 atom stereocenters. The highest BCUT2D eigenvalue weighted by atomic mass is 32.1. The minimum atomic E-state index is -0.248. The van der Waals surface area contributed by atoms with Crippen molar-refractivity contribution in [2.75, 3.05) is 32.7 Å². The van der Waals surface area contributed by atoms with Gasteiger partial charge in [0.1, 0.15) is 11.5 Å². The summed E-state index contributed by atoms with van der Waals surface area (Å²) in [6.45, 7) is 3.03. The number of aryl methyl sites for hydroxylation is 1. The number of halogens is 1. The molecule has 3 aromatic rings. The van der Waals surface area contributed by atoms with Gasteiger partial charge in [-0.1, -0.05) is 18.2 Å². The van der Waals surface area contributed by atoms with Crippen LogP contribution in [0.5, 0.6) is 0 Å². The lowest BCUT2D eigenvalue weighted by atomic mass is 10.2. The van der Waals surface area contributed by atoms with Gasteiger partial charge >= 0.3 is 0 Å². The fourth-order valence-electron chi connectivity index (χ4n) is 3.65. The highest BCUT2D eigenvalue weighted by Crippen LogP contribution is 2.24. The van der Waals surface area contributed by atoms with Crippen LogP contribution in [-0.2, 0) is 18.4 Å². The van der Waals surface area contributed by atoms with Gasteiger partial charge in [0.05, 0.1) is 16.8 Å². The number of piperazine rings is 1. The fraction of sp³-hybridized carbons (Fsp3) is 0.333. The summed E-state index contributed by atoms with van der Waals surface area (Å²) in [5.41, 5.74) is 2.23. The summed E-state index contributed by atoms with van der Waals surface area (Å²) in [5, 5.41) is 4.72. The van der Waals surface area contributed by atoms with Crippen molar-refractivity contribution in [3.63, 3.8) is 0 Å². The van der Waals surface area contributed by atoms with E-state index in [0.29, 0.717) is 44.0 Å².